The lowest BCUT2D eigenvalue weighted by molar-refractivity contribution is 0.0752. The molecule has 0 aliphatic carbocycles. The molecule has 1 aromatic heterocycles. The van der Waals surface area contributed by atoms with Gasteiger partial charge in [-0.25, -0.2) is 8.78 Å². The SMILES string of the molecule is CCN(Cc1ccccc1)C(=O)c1ccnc(C(=O)Nc2ccc(F)c(F)c2)c1. The first-order chi connectivity index (χ1) is 14.0. The van der Waals surface area contributed by atoms with Gasteiger partial charge in [0.05, 0.1) is 0 Å². The van der Waals surface area contributed by atoms with E-state index in [1.165, 1.54) is 24.4 Å². The summed E-state index contributed by atoms with van der Waals surface area (Å²) in [5.41, 5.74) is 1.39. The van der Waals surface area contributed by atoms with E-state index < -0.39 is 17.5 Å². The van der Waals surface area contributed by atoms with E-state index in [0.29, 0.717) is 18.7 Å². The van der Waals surface area contributed by atoms with Crippen molar-refractivity contribution in [2.45, 2.75) is 13.5 Å². The van der Waals surface area contributed by atoms with Crippen LogP contribution < -0.4 is 5.32 Å². The van der Waals surface area contributed by atoms with Crippen LogP contribution in [0.2, 0.25) is 0 Å². The summed E-state index contributed by atoms with van der Waals surface area (Å²) >= 11 is 0. The van der Waals surface area contributed by atoms with Crippen molar-refractivity contribution in [1.29, 1.82) is 0 Å². The van der Waals surface area contributed by atoms with Crippen molar-refractivity contribution in [1.82, 2.24) is 9.88 Å². The Morgan fingerprint density at radius 2 is 1.76 bits per heavy atom. The van der Waals surface area contributed by atoms with Crippen molar-refractivity contribution < 1.29 is 18.4 Å². The van der Waals surface area contributed by atoms with E-state index in [-0.39, 0.29) is 17.3 Å². The largest absolute Gasteiger partial charge is 0.335 e. The highest BCUT2D eigenvalue weighted by molar-refractivity contribution is 6.04. The van der Waals surface area contributed by atoms with Gasteiger partial charge in [0.1, 0.15) is 5.69 Å². The molecule has 3 aromatic rings. The van der Waals surface area contributed by atoms with Crippen LogP contribution in [0.25, 0.3) is 0 Å². The number of amides is 2. The average molecular weight is 395 g/mol. The van der Waals surface area contributed by atoms with E-state index in [1.807, 2.05) is 37.3 Å². The molecule has 0 bridgehead atoms. The van der Waals surface area contributed by atoms with E-state index in [0.717, 1.165) is 17.7 Å². The standard InChI is InChI=1S/C22H19F2N3O2/c1-2-27(14-15-6-4-3-5-7-15)22(29)16-10-11-25-20(12-16)21(28)26-17-8-9-18(23)19(24)13-17/h3-13H,2,14H2,1H3,(H,26,28). The summed E-state index contributed by atoms with van der Waals surface area (Å²) in [5.74, 6) is -2.94. The predicted molar refractivity (Wildman–Crippen MR) is 105 cm³/mol. The second kappa shape index (κ2) is 9.05. The number of aromatic nitrogens is 1. The normalized spacial score (nSPS) is 10.4. The highest BCUT2D eigenvalue weighted by Crippen LogP contribution is 2.15. The summed E-state index contributed by atoms with van der Waals surface area (Å²) in [5, 5.41) is 2.44. The van der Waals surface area contributed by atoms with Gasteiger partial charge >= 0.3 is 0 Å². The zero-order valence-corrected chi connectivity index (χ0v) is 15.7. The van der Waals surface area contributed by atoms with Gasteiger partial charge in [0.15, 0.2) is 11.6 Å². The average Bonchev–Trinajstić information content (AvgIpc) is 2.75. The van der Waals surface area contributed by atoms with E-state index in [2.05, 4.69) is 10.3 Å². The van der Waals surface area contributed by atoms with Crippen molar-refractivity contribution in [3.05, 3.63) is 95.3 Å². The molecule has 2 aromatic carbocycles. The molecule has 0 aliphatic rings. The first kappa shape index (κ1) is 20.1. The Balaban J connectivity index is 1.75. The maximum absolute atomic E-state index is 13.3. The molecular formula is C22H19F2N3O2. The number of benzene rings is 2. The second-order valence-electron chi connectivity index (χ2n) is 6.32. The van der Waals surface area contributed by atoms with Crippen LogP contribution in [-0.4, -0.2) is 28.2 Å². The Morgan fingerprint density at radius 3 is 2.45 bits per heavy atom. The van der Waals surface area contributed by atoms with Gasteiger partial charge in [-0.05, 0) is 36.8 Å². The number of halogens is 2. The van der Waals surface area contributed by atoms with Gasteiger partial charge in [-0.3, -0.25) is 14.6 Å². The van der Waals surface area contributed by atoms with E-state index in [1.54, 1.807) is 4.90 Å². The zero-order valence-electron chi connectivity index (χ0n) is 15.7. The molecule has 1 N–H and O–H groups in total. The molecular weight excluding hydrogens is 376 g/mol. The van der Waals surface area contributed by atoms with Crippen molar-refractivity contribution in [3.63, 3.8) is 0 Å². The van der Waals surface area contributed by atoms with E-state index >= 15 is 0 Å². The van der Waals surface area contributed by atoms with Crippen LogP contribution in [0.15, 0.2) is 66.9 Å². The summed E-state index contributed by atoms with van der Waals surface area (Å²) in [6, 6.07) is 15.5. The molecule has 0 aliphatic heterocycles. The predicted octanol–water partition coefficient (Wildman–Crippen LogP) is 4.27. The third kappa shape index (κ3) is 5.01. The number of carbonyl (C=O) groups excluding carboxylic acids is 2. The van der Waals surface area contributed by atoms with Crippen LogP contribution in [0.3, 0.4) is 0 Å². The topological polar surface area (TPSA) is 62.3 Å². The lowest BCUT2D eigenvalue weighted by atomic mass is 10.1. The lowest BCUT2D eigenvalue weighted by Gasteiger charge is -2.21. The first-order valence-electron chi connectivity index (χ1n) is 9.03. The Hall–Kier alpha value is -3.61. The van der Waals surface area contributed by atoms with Gasteiger partial charge in [-0.1, -0.05) is 30.3 Å². The summed E-state index contributed by atoms with van der Waals surface area (Å²) < 4.78 is 26.3. The Labute approximate surface area is 167 Å². The number of hydrogen-bond acceptors (Lipinski definition) is 3. The van der Waals surface area contributed by atoms with Gasteiger partial charge in [0.25, 0.3) is 11.8 Å². The second-order valence-corrected chi connectivity index (χ2v) is 6.32. The number of rotatable bonds is 6. The van der Waals surface area contributed by atoms with Gasteiger partial charge < -0.3 is 10.2 Å². The smallest absolute Gasteiger partial charge is 0.274 e. The fraction of sp³-hybridized carbons (Fsp3) is 0.136. The maximum Gasteiger partial charge on any atom is 0.274 e. The van der Waals surface area contributed by atoms with Crippen LogP contribution in [0.1, 0.15) is 33.3 Å². The van der Waals surface area contributed by atoms with Crippen molar-refractivity contribution in [2.75, 3.05) is 11.9 Å². The summed E-state index contributed by atoms with van der Waals surface area (Å²) in [4.78, 5) is 30.9. The van der Waals surface area contributed by atoms with E-state index in [4.69, 9.17) is 0 Å². The molecule has 7 heteroatoms. The molecule has 2 amide bonds. The summed E-state index contributed by atoms with van der Waals surface area (Å²) in [6.07, 6.45) is 1.36. The number of pyridine rings is 1. The van der Waals surface area contributed by atoms with Crippen LogP contribution in [0, 0.1) is 11.6 Å². The van der Waals surface area contributed by atoms with Crippen LogP contribution in [0.4, 0.5) is 14.5 Å². The van der Waals surface area contributed by atoms with Crippen molar-refractivity contribution in [2.24, 2.45) is 0 Å². The number of anilines is 1. The molecule has 3 rings (SSSR count). The quantitative estimate of drug-likeness (QED) is 0.678. The molecule has 29 heavy (non-hydrogen) atoms. The third-order valence-electron chi connectivity index (χ3n) is 4.30. The van der Waals surface area contributed by atoms with Crippen molar-refractivity contribution >= 4 is 17.5 Å². The minimum absolute atomic E-state index is 0.00338. The lowest BCUT2D eigenvalue weighted by Crippen LogP contribution is -2.30. The van der Waals surface area contributed by atoms with Gasteiger partial charge in [0.2, 0.25) is 0 Å². The minimum atomic E-state index is -1.07. The number of nitrogens with one attached hydrogen (secondary N) is 1. The molecule has 0 atom stereocenters. The third-order valence-corrected chi connectivity index (χ3v) is 4.30. The van der Waals surface area contributed by atoms with Crippen LogP contribution in [0.5, 0.6) is 0 Å². The number of nitrogens with zero attached hydrogens (tertiary/aromatic N) is 2. The number of carbonyl (C=O) groups is 2. The highest BCUT2D eigenvalue weighted by Gasteiger charge is 2.17. The monoisotopic (exact) mass is 395 g/mol. The first-order valence-corrected chi connectivity index (χ1v) is 9.03. The summed E-state index contributed by atoms with van der Waals surface area (Å²) in [7, 11) is 0. The molecule has 148 valence electrons. The molecule has 0 saturated heterocycles. The molecule has 1 heterocycles. The molecule has 0 radical (unpaired) electrons. The molecule has 0 fully saturated rings. The molecule has 0 spiro atoms. The van der Waals surface area contributed by atoms with Crippen molar-refractivity contribution in [3.8, 4) is 0 Å². The zero-order chi connectivity index (χ0) is 20.8. The van der Waals surface area contributed by atoms with Gasteiger partial charge in [0, 0.05) is 36.6 Å². The highest BCUT2D eigenvalue weighted by atomic mass is 19.2. The summed E-state index contributed by atoms with van der Waals surface area (Å²) in [6.45, 7) is 2.81. The van der Waals surface area contributed by atoms with Crippen LogP contribution in [-0.2, 0) is 6.54 Å². The Morgan fingerprint density at radius 1 is 1.00 bits per heavy atom. The molecule has 5 nitrogen and oxygen atoms in total. The Kier molecular flexibility index (Phi) is 6.29. The van der Waals surface area contributed by atoms with Gasteiger partial charge in [-0.2, -0.15) is 0 Å². The van der Waals surface area contributed by atoms with Gasteiger partial charge in [-0.15, -0.1) is 0 Å². The fourth-order valence-electron chi connectivity index (χ4n) is 2.77. The number of hydrogen-bond donors (Lipinski definition) is 1. The van der Waals surface area contributed by atoms with E-state index in [9.17, 15) is 18.4 Å². The molecule has 0 saturated carbocycles. The van der Waals surface area contributed by atoms with Crippen LogP contribution >= 0.6 is 0 Å². The minimum Gasteiger partial charge on any atom is -0.335 e. The molecule has 0 unspecified atom stereocenters. The maximum atomic E-state index is 13.3. The fourth-order valence-corrected chi connectivity index (χ4v) is 2.77. The Bertz CT molecular complexity index is 1030.